The molecule has 0 bridgehead atoms. The average molecular weight is 342 g/mol. The fraction of sp³-hybridized carbons (Fsp3) is 0.300. The highest BCUT2D eigenvalue weighted by molar-refractivity contribution is 6.52. The van der Waals surface area contributed by atoms with Gasteiger partial charge in [0.05, 0.1) is 12.2 Å². The minimum atomic E-state index is -1.49. The summed E-state index contributed by atoms with van der Waals surface area (Å²) in [5, 5.41) is 0. The first-order chi connectivity index (χ1) is 11.6. The average Bonchev–Trinajstić information content (AvgIpc) is 2.63. The van der Waals surface area contributed by atoms with E-state index < -0.39 is 4.87 Å². The molecule has 2 aromatic rings. The van der Waals surface area contributed by atoms with Crippen molar-refractivity contribution in [3.05, 3.63) is 65.7 Å². The van der Waals surface area contributed by atoms with Gasteiger partial charge in [0.15, 0.2) is 10.7 Å². The molecule has 124 valence electrons. The van der Waals surface area contributed by atoms with Gasteiger partial charge in [-0.25, -0.2) is 0 Å². The maximum absolute atomic E-state index is 13.1. The van der Waals surface area contributed by atoms with Crippen molar-refractivity contribution in [3.8, 4) is 0 Å². The van der Waals surface area contributed by atoms with Gasteiger partial charge in [0.1, 0.15) is 0 Å². The summed E-state index contributed by atoms with van der Waals surface area (Å²) in [5.74, 6) is -0.590. The van der Waals surface area contributed by atoms with Gasteiger partial charge in [-0.05, 0) is 24.1 Å². The lowest BCUT2D eigenvalue weighted by atomic mass is 9.85. The van der Waals surface area contributed by atoms with Gasteiger partial charge in [-0.3, -0.25) is 9.59 Å². The van der Waals surface area contributed by atoms with Crippen LogP contribution in [-0.4, -0.2) is 16.6 Å². The minimum Gasteiger partial charge on any atom is -0.305 e. The number of halogens is 1. The SMILES string of the molecule is CCCCC1(Cl)C(=O)c2ccccc2N(Cc2ccccc2)C1=O. The van der Waals surface area contributed by atoms with Crippen LogP contribution in [0.1, 0.15) is 42.1 Å². The summed E-state index contributed by atoms with van der Waals surface area (Å²) in [6, 6.07) is 17.0. The lowest BCUT2D eigenvalue weighted by Crippen LogP contribution is -2.54. The Morgan fingerprint density at radius 2 is 1.67 bits per heavy atom. The number of benzene rings is 2. The molecule has 0 saturated heterocycles. The predicted molar refractivity (Wildman–Crippen MR) is 96.5 cm³/mol. The molecule has 2 aromatic carbocycles. The smallest absolute Gasteiger partial charge is 0.256 e. The Hall–Kier alpha value is -2.13. The molecule has 0 radical (unpaired) electrons. The standard InChI is InChI=1S/C20H20ClNO2/c1-2-3-13-20(21)18(23)16-11-7-8-12-17(16)22(19(20)24)14-15-9-5-4-6-10-15/h4-12H,2-3,13-14H2,1H3. The van der Waals surface area contributed by atoms with E-state index in [2.05, 4.69) is 0 Å². The number of Topliss-reactive ketones (excluding diaryl/α,β-unsaturated/α-hetero) is 1. The van der Waals surface area contributed by atoms with Crippen LogP contribution in [0.4, 0.5) is 5.69 Å². The van der Waals surface area contributed by atoms with E-state index in [1.165, 1.54) is 0 Å². The van der Waals surface area contributed by atoms with E-state index in [4.69, 9.17) is 11.6 Å². The number of ketones is 1. The maximum Gasteiger partial charge on any atom is 0.256 e. The third kappa shape index (κ3) is 2.84. The summed E-state index contributed by atoms with van der Waals surface area (Å²) in [7, 11) is 0. The zero-order valence-electron chi connectivity index (χ0n) is 13.7. The Morgan fingerprint density at radius 1 is 1.00 bits per heavy atom. The number of carbonyl (C=O) groups is 2. The number of rotatable bonds is 5. The second kappa shape index (κ2) is 6.78. The number of fused-ring (bicyclic) bond motifs is 1. The Labute approximate surface area is 147 Å². The van der Waals surface area contributed by atoms with Crippen LogP contribution >= 0.6 is 11.6 Å². The van der Waals surface area contributed by atoms with Gasteiger partial charge in [0.25, 0.3) is 5.91 Å². The van der Waals surface area contributed by atoms with Crippen LogP contribution in [0.25, 0.3) is 0 Å². The molecule has 0 saturated carbocycles. The number of hydrogen-bond donors (Lipinski definition) is 0. The second-order valence-electron chi connectivity index (χ2n) is 6.13. The first kappa shape index (κ1) is 16.7. The van der Waals surface area contributed by atoms with Crippen LogP contribution in [0.2, 0.25) is 0 Å². The molecule has 1 heterocycles. The predicted octanol–water partition coefficient (Wildman–Crippen LogP) is 4.58. The molecule has 4 heteroatoms. The lowest BCUT2D eigenvalue weighted by molar-refractivity contribution is -0.120. The molecule has 0 aliphatic carbocycles. The highest BCUT2D eigenvalue weighted by atomic mass is 35.5. The zero-order valence-corrected chi connectivity index (χ0v) is 14.4. The van der Waals surface area contributed by atoms with Crippen molar-refractivity contribution in [1.29, 1.82) is 0 Å². The van der Waals surface area contributed by atoms with Gasteiger partial charge in [-0.1, -0.05) is 73.8 Å². The van der Waals surface area contributed by atoms with Crippen molar-refractivity contribution in [3.63, 3.8) is 0 Å². The third-order valence-electron chi connectivity index (χ3n) is 4.44. The first-order valence-electron chi connectivity index (χ1n) is 8.26. The van der Waals surface area contributed by atoms with Crippen LogP contribution in [0, 0.1) is 0 Å². The summed E-state index contributed by atoms with van der Waals surface area (Å²) >= 11 is 6.60. The molecule has 0 aromatic heterocycles. The molecule has 1 unspecified atom stereocenters. The molecule has 3 rings (SSSR count). The number of carbonyl (C=O) groups excluding carboxylic acids is 2. The number of unbranched alkanes of at least 4 members (excludes halogenated alkanes) is 1. The quantitative estimate of drug-likeness (QED) is 0.589. The minimum absolute atomic E-state index is 0.275. The van der Waals surface area contributed by atoms with E-state index in [0.717, 1.165) is 18.4 Å². The van der Waals surface area contributed by atoms with E-state index in [0.29, 0.717) is 24.2 Å². The molecule has 0 fully saturated rings. The molecule has 1 amide bonds. The molecular weight excluding hydrogens is 322 g/mol. The van der Waals surface area contributed by atoms with Crippen molar-refractivity contribution in [2.24, 2.45) is 0 Å². The van der Waals surface area contributed by atoms with Gasteiger partial charge in [0, 0.05) is 5.56 Å². The molecule has 0 N–H and O–H groups in total. The van der Waals surface area contributed by atoms with Crippen molar-refractivity contribution < 1.29 is 9.59 Å². The fourth-order valence-corrected chi connectivity index (χ4v) is 3.44. The van der Waals surface area contributed by atoms with Crippen molar-refractivity contribution >= 4 is 29.0 Å². The second-order valence-corrected chi connectivity index (χ2v) is 6.77. The number of para-hydroxylation sites is 1. The van der Waals surface area contributed by atoms with Crippen molar-refractivity contribution in [2.75, 3.05) is 4.90 Å². The van der Waals surface area contributed by atoms with Crippen LogP contribution < -0.4 is 4.90 Å². The zero-order chi connectivity index (χ0) is 17.2. The van der Waals surface area contributed by atoms with Gasteiger partial charge in [-0.2, -0.15) is 0 Å². The maximum atomic E-state index is 13.1. The van der Waals surface area contributed by atoms with E-state index in [9.17, 15) is 9.59 Å². The molecule has 24 heavy (non-hydrogen) atoms. The molecule has 0 spiro atoms. The third-order valence-corrected chi connectivity index (χ3v) is 4.96. The fourth-order valence-electron chi connectivity index (χ4n) is 3.10. The van der Waals surface area contributed by atoms with Crippen molar-refractivity contribution in [2.45, 2.75) is 37.6 Å². The highest BCUT2D eigenvalue weighted by Gasteiger charge is 2.51. The Balaban J connectivity index is 2.04. The Morgan fingerprint density at radius 3 is 2.38 bits per heavy atom. The summed E-state index contributed by atoms with van der Waals surface area (Å²) in [6.07, 6.45) is 1.99. The molecule has 1 atom stereocenters. The highest BCUT2D eigenvalue weighted by Crippen LogP contribution is 2.39. The van der Waals surface area contributed by atoms with Crippen LogP contribution in [0.15, 0.2) is 54.6 Å². The van der Waals surface area contributed by atoms with E-state index in [1.807, 2.05) is 55.5 Å². The van der Waals surface area contributed by atoms with Crippen LogP contribution in [0.3, 0.4) is 0 Å². The van der Waals surface area contributed by atoms with E-state index in [1.54, 1.807) is 11.0 Å². The van der Waals surface area contributed by atoms with Gasteiger partial charge < -0.3 is 4.90 Å². The van der Waals surface area contributed by atoms with Gasteiger partial charge in [0.2, 0.25) is 0 Å². The van der Waals surface area contributed by atoms with E-state index in [-0.39, 0.29) is 11.7 Å². The molecular formula is C20H20ClNO2. The number of anilines is 1. The molecule has 1 aliphatic heterocycles. The topological polar surface area (TPSA) is 37.4 Å². The number of nitrogens with zero attached hydrogens (tertiary/aromatic N) is 1. The Bertz CT molecular complexity index is 759. The summed E-state index contributed by atoms with van der Waals surface area (Å²) in [5.41, 5.74) is 2.17. The summed E-state index contributed by atoms with van der Waals surface area (Å²) < 4.78 is 0. The Kier molecular flexibility index (Phi) is 4.72. The summed E-state index contributed by atoms with van der Waals surface area (Å²) in [4.78, 5) is 26.1. The molecule has 1 aliphatic rings. The number of hydrogen-bond acceptors (Lipinski definition) is 2. The van der Waals surface area contributed by atoms with Crippen molar-refractivity contribution in [1.82, 2.24) is 0 Å². The number of alkyl halides is 1. The van der Waals surface area contributed by atoms with Crippen LogP contribution in [-0.2, 0) is 11.3 Å². The first-order valence-corrected chi connectivity index (χ1v) is 8.64. The normalized spacial score (nSPS) is 20.2. The van der Waals surface area contributed by atoms with Gasteiger partial charge in [-0.15, -0.1) is 0 Å². The largest absolute Gasteiger partial charge is 0.305 e. The monoisotopic (exact) mass is 341 g/mol. The number of amides is 1. The van der Waals surface area contributed by atoms with Crippen LogP contribution in [0.5, 0.6) is 0 Å². The van der Waals surface area contributed by atoms with E-state index >= 15 is 0 Å². The lowest BCUT2D eigenvalue weighted by Gasteiger charge is -2.38. The van der Waals surface area contributed by atoms with Gasteiger partial charge >= 0.3 is 0 Å². The molecule has 3 nitrogen and oxygen atoms in total. The summed E-state index contributed by atoms with van der Waals surface area (Å²) in [6.45, 7) is 2.43.